The van der Waals surface area contributed by atoms with Crippen LogP contribution in [0, 0.1) is 17.0 Å². The number of pyridine rings is 1. The number of aryl methyl sites for hydroxylation is 1. The van der Waals surface area contributed by atoms with E-state index in [9.17, 15) is 14.9 Å². The van der Waals surface area contributed by atoms with E-state index in [1.165, 1.54) is 12.3 Å². The minimum atomic E-state index is -0.501. The Hall–Kier alpha value is -2.76. The van der Waals surface area contributed by atoms with Gasteiger partial charge >= 0.3 is 5.97 Å². The van der Waals surface area contributed by atoms with Crippen LogP contribution in [0.15, 0.2) is 36.5 Å². The van der Waals surface area contributed by atoms with Crippen LogP contribution in [-0.4, -0.2) is 22.5 Å². The molecule has 0 spiro atoms. The van der Waals surface area contributed by atoms with Crippen molar-refractivity contribution in [3.63, 3.8) is 0 Å². The number of nitrogens with zero attached hydrogens (tertiary/aromatic N) is 2. The van der Waals surface area contributed by atoms with Gasteiger partial charge in [-0.2, -0.15) is 0 Å². The Morgan fingerprint density at radius 3 is 2.67 bits per heavy atom. The molecule has 0 radical (unpaired) electrons. The number of carbonyl (C=O) groups excluding carboxylic acids is 1. The molecule has 0 amide bonds. The fraction of sp³-hybridized carbons (Fsp3) is 0.200. The van der Waals surface area contributed by atoms with E-state index in [2.05, 4.69) is 4.98 Å². The first-order valence-corrected chi connectivity index (χ1v) is 6.41. The van der Waals surface area contributed by atoms with E-state index in [4.69, 9.17) is 4.74 Å². The van der Waals surface area contributed by atoms with Crippen LogP contribution >= 0.6 is 0 Å². The quantitative estimate of drug-likeness (QED) is 0.490. The molecule has 0 aliphatic carbocycles. The molecular formula is C15H14N2O4. The third kappa shape index (κ3) is 3.22. The molecule has 6 nitrogen and oxygen atoms in total. The highest BCUT2D eigenvalue weighted by Gasteiger charge is 2.12. The number of hydrogen-bond donors (Lipinski definition) is 0. The Morgan fingerprint density at radius 1 is 1.33 bits per heavy atom. The monoisotopic (exact) mass is 286 g/mol. The van der Waals surface area contributed by atoms with Crippen LogP contribution in [0.4, 0.5) is 5.69 Å². The lowest BCUT2D eigenvalue weighted by molar-refractivity contribution is -0.385. The van der Waals surface area contributed by atoms with Crippen LogP contribution in [0.1, 0.15) is 22.8 Å². The zero-order chi connectivity index (χ0) is 15.4. The zero-order valence-electron chi connectivity index (χ0n) is 11.7. The van der Waals surface area contributed by atoms with E-state index in [1.54, 1.807) is 31.2 Å². The SMILES string of the molecule is CCOC(=O)c1ccc(C)c(-c2ccc([N+](=O)[O-])cn2)c1. The second-order valence-electron chi connectivity index (χ2n) is 4.41. The first kappa shape index (κ1) is 14.6. The fourth-order valence-corrected chi connectivity index (χ4v) is 1.89. The van der Waals surface area contributed by atoms with Gasteiger partial charge in [-0.3, -0.25) is 10.1 Å². The molecule has 1 heterocycles. The lowest BCUT2D eigenvalue weighted by Gasteiger charge is -2.08. The molecule has 0 saturated heterocycles. The number of nitro groups is 1. The molecule has 0 aliphatic heterocycles. The number of hydrogen-bond acceptors (Lipinski definition) is 5. The van der Waals surface area contributed by atoms with Crippen molar-refractivity contribution in [2.24, 2.45) is 0 Å². The van der Waals surface area contributed by atoms with Gasteiger partial charge in [0.25, 0.3) is 5.69 Å². The molecule has 0 atom stereocenters. The molecule has 1 aromatic carbocycles. The Kier molecular flexibility index (Phi) is 4.27. The van der Waals surface area contributed by atoms with Gasteiger partial charge in [0.15, 0.2) is 0 Å². The van der Waals surface area contributed by atoms with Gasteiger partial charge in [0.1, 0.15) is 6.20 Å². The molecule has 0 N–H and O–H groups in total. The highest BCUT2D eigenvalue weighted by molar-refractivity contribution is 5.91. The van der Waals surface area contributed by atoms with Crippen molar-refractivity contribution in [1.82, 2.24) is 4.98 Å². The number of esters is 1. The van der Waals surface area contributed by atoms with Crippen LogP contribution in [0.5, 0.6) is 0 Å². The van der Waals surface area contributed by atoms with Crippen molar-refractivity contribution in [3.8, 4) is 11.3 Å². The molecule has 2 rings (SSSR count). The van der Waals surface area contributed by atoms with Crippen LogP contribution < -0.4 is 0 Å². The second kappa shape index (κ2) is 6.13. The molecule has 108 valence electrons. The highest BCUT2D eigenvalue weighted by Crippen LogP contribution is 2.24. The third-order valence-corrected chi connectivity index (χ3v) is 2.98. The number of benzene rings is 1. The van der Waals surface area contributed by atoms with Gasteiger partial charge < -0.3 is 4.74 Å². The van der Waals surface area contributed by atoms with Gasteiger partial charge in [0.05, 0.1) is 22.8 Å². The smallest absolute Gasteiger partial charge is 0.338 e. The third-order valence-electron chi connectivity index (χ3n) is 2.98. The zero-order valence-corrected chi connectivity index (χ0v) is 11.7. The topological polar surface area (TPSA) is 82.3 Å². The fourth-order valence-electron chi connectivity index (χ4n) is 1.89. The molecule has 6 heteroatoms. The largest absolute Gasteiger partial charge is 0.462 e. The van der Waals surface area contributed by atoms with Gasteiger partial charge in [0.2, 0.25) is 0 Å². The van der Waals surface area contributed by atoms with Crippen molar-refractivity contribution in [2.45, 2.75) is 13.8 Å². The summed E-state index contributed by atoms with van der Waals surface area (Å²) in [6.07, 6.45) is 1.20. The van der Waals surface area contributed by atoms with Crippen molar-refractivity contribution < 1.29 is 14.5 Å². The number of aromatic nitrogens is 1. The van der Waals surface area contributed by atoms with Crippen molar-refractivity contribution in [2.75, 3.05) is 6.61 Å². The van der Waals surface area contributed by atoms with Gasteiger partial charge in [-0.15, -0.1) is 0 Å². The summed E-state index contributed by atoms with van der Waals surface area (Å²) in [4.78, 5) is 26.0. The van der Waals surface area contributed by atoms with Crippen LogP contribution in [0.3, 0.4) is 0 Å². The van der Waals surface area contributed by atoms with E-state index < -0.39 is 10.9 Å². The molecule has 0 bridgehead atoms. The molecule has 0 unspecified atom stereocenters. The highest BCUT2D eigenvalue weighted by atomic mass is 16.6. The van der Waals surface area contributed by atoms with Gasteiger partial charge in [-0.25, -0.2) is 9.78 Å². The summed E-state index contributed by atoms with van der Waals surface area (Å²) >= 11 is 0. The molecule has 21 heavy (non-hydrogen) atoms. The summed E-state index contributed by atoms with van der Waals surface area (Å²) in [5.41, 5.74) is 2.60. The van der Waals surface area contributed by atoms with Gasteiger partial charge in [-0.1, -0.05) is 6.07 Å². The summed E-state index contributed by atoms with van der Waals surface area (Å²) in [5, 5.41) is 10.6. The Balaban J connectivity index is 2.40. The summed E-state index contributed by atoms with van der Waals surface area (Å²) in [5.74, 6) is -0.402. The molecule has 0 fully saturated rings. The maximum atomic E-state index is 11.8. The molecular weight excluding hydrogens is 272 g/mol. The Morgan fingerprint density at radius 2 is 2.10 bits per heavy atom. The average molecular weight is 286 g/mol. The minimum absolute atomic E-state index is 0.0713. The number of ether oxygens (including phenoxy) is 1. The van der Waals surface area contributed by atoms with E-state index in [0.29, 0.717) is 17.9 Å². The molecule has 0 aliphatic rings. The lowest BCUT2D eigenvalue weighted by Crippen LogP contribution is -2.05. The van der Waals surface area contributed by atoms with Crippen LogP contribution in [0.2, 0.25) is 0 Å². The molecule has 2 aromatic rings. The first-order valence-electron chi connectivity index (χ1n) is 6.41. The molecule has 0 saturated carbocycles. The predicted octanol–water partition coefficient (Wildman–Crippen LogP) is 3.14. The lowest BCUT2D eigenvalue weighted by atomic mass is 10.0. The first-order chi connectivity index (χ1) is 10.0. The van der Waals surface area contributed by atoms with Gasteiger partial charge in [-0.05, 0) is 37.6 Å². The summed E-state index contributed by atoms with van der Waals surface area (Å²) in [7, 11) is 0. The standard InChI is InChI=1S/C15H14N2O4/c1-3-21-15(18)11-5-4-10(2)13(8-11)14-7-6-12(9-16-14)17(19)20/h4-9H,3H2,1-2H3. The van der Waals surface area contributed by atoms with Crippen LogP contribution in [-0.2, 0) is 4.74 Å². The second-order valence-corrected chi connectivity index (χ2v) is 4.41. The van der Waals surface area contributed by atoms with Crippen molar-refractivity contribution in [3.05, 3.63) is 57.8 Å². The van der Waals surface area contributed by atoms with E-state index >= 15 is 0 Å². The van der Waals surface area contributed by atoms with Gasteiger partial charge in [0, 0.05) is 11.6 Å². The maximum absolute atomic E-state index is 11.8. The maximum Gasteiger partial charge on any atom is 0.338 e. The minimum Gasteiger partial charge on any atom is -0.462 e. The van der Waals surface area contributed by atoms with Crippen molar-refractivity contribution >= 4 is 11.7 Å². The summed E-state index contributed by atoms with van der Waals surface area (Å²) in [6, 6.07) is 8.11. The average Bonchev–Trinajstić information content (AvgIpc) is 2.48. The molecule has 1 aromatic heterocycles. The predicted molar refractivity (Wildman–Crippen MR) is 77.0 cm³/mol. The van der Waals surface area contributed by atoms with E-state index in [0.717, 1.165) is 11.1 Å². The van der Waals surface area contributed by atoms with E-state index in [1.807, 2.05) is 6.92 Å². The number of carbonyl (C=O) groups is 1. The summed E-state index contributed by atoms with van der Waals surface area (Å²) < 4.78 is 4.96. The Bertz CT molecular complexity index is 681. The summed E-state index contributed by atoms with van der Waals surface area (Å²) in [6.45, 7) is 3.93. The normalized spacial score (nSPS) is 10.2. The van der Waals surface area contributed by atoms with Crippen LogP contribution in [0.25, 0.3) is 11.3 Å². The Labute approximate surface area is 121 Å². The van der Waals surface area contributed by atoms with Crippen molar-refractivity contribution in [1.29, 1.82) is 0 Å². The number of rotatable bonds is 4. The van der Waals surface area contributed by atoms with E-state index in [-0.39, 0.29) is 5.69 Å².